The molecule has 0 unspecified atom stereocenters. The molecule has 0 bridgehead atoms. The molecule has 1 aliphatic carbocycles. The Balaban J connectivity index is 2.00. The van der Waals surface area contributed by atoms with Crippen LogP contribution in [0.2, 0.25) is 0 Å². The first-order chi connectivity index (χ1) is 8.88. The molecule has 3 nitrogen and oxygen atoms in total. The molecule has 0 aromatic carbocycles. The molecular formula is C14H19N3S. The monoisotopic (exact) mass is 261 g/mol. The van der Waals surface area contributed by atoms with Crippen molar-refractivity contribution >= 4 is 27.4 Å². The molecule has 4 heteroatoms. The summed E-state index contributed by atoms with van der Waals surface area (Å²) in [6, 6.07) is 2.11. The maximum absolute atomic E-state index is 4.77. The van der Waals surface area contributed by atoms with E-state index in [1.807, 2.05) is 0 Å². The van der Waals surface area contributed by atoms with Gasteiger partial charge in [0.1, 0.15) is 16.5 Å². The van der Waals surface area contributed by atoms with Gasteiger partial charge in [-0.15, -0.1) is 11.3 Å². The van der Waals surface area contributed by atoms with Gasteiger partial charge in [0.05, 0.1) is 5.39 Å². The second-order valence-corrected chi connectivity index (χ2v) is 5.83. The Morgan fingerprint density at radius 3 is 2.89 bits per heavy atom. The van der Waals surface area contributed by atoms with Crippen molar-refractivity contribution in [2.45, 2.75) is 44.9 Å². The summed E-state index contributed by atoms with van der Waals surface area (Å²) in [5, 5.41) is 6.64. The number of nitrogens with zero attached hydrogens (tertiary/aromatic N) is 2. The lowest BCUT2D eigenvalue weighted by Crippen LogP contribution is -2.10. The van der Waals surface area contributed by atoms with E-state index in [-0.39, 0.29) is 0 Å². The molecule has 2 aromatic heterocycles. The van der Waals surface area contributed by atoms with E-state index in [4.69, 9.17) is 9.97 Å². The van der Waals surface area contributed by atoms with Crippen LogP contribution in [0.15, 0.2) is 11.4 Å². The van der Waals surface area contributed by atoms with Crippen molar-refractivity contribution < 1.29 is 0 Å². The van der Waals surface area contributed by atoms with E-state index in [1.54, 1.807) is 11.3 Å². The van der Waals surface area contributed by atoms with E-state index in [2.05, 4.69) is 23.7 Å². The minimum atomic E-state index is 0.572. The molecule has 2 heterocycles. The van der Waals surface area contributed by atoms with Crippen molar-refractivity contribution in [1.82, 2.24) is 9.97 Å². The summed E-state index contributed by atoms with van der Waals surface area (Å²) in [6.07, 6.45) is 6.53. The Labute approximate surface area is 112 Å². The fourth-order valence-electron chi connectivity index (χ4n) is 2.72. The molecule has 0 spiro atoms. The molecule has 0 radical (unpaired) electrons. The Bertz CT molecular complexity index is 529. The normalized spacial score (nSPS) is 17.2. The van der Waals surface area contributed by atoms with Crippen LogP contribution in [0.25, 0.3) is 10.2 Å². The predicted molar refractivity (Wildman–Crippen MR) is 77.4 cm³/mol. The third-order valence-corrected chi connectivity index (χ3v) is 4.46. The van der Waals surface area contributed by atoms with Crippen LogP contribution in [0.1, 0.15) is 50.8 Å². The van der Waals surface area contributed by atoms with Gasteiger partial charge >= 0.3 is 0 Å². The fourth-order valence-corrected chi connectivity index (χ4v) is 3.49. The quantitative estimate of drug-likeness (QED) is 0.901. The highest BCUT2D eigenvalue weighted by molar-refractivity contribution is 7.16. The van der Waals surface area contributed by atoms with Crippen LogP contribution in [0.3, 0.4) is 0 Å². The van der Waals surface area contributed by atoms with Gasteiger partial charge in [0, 0.05) is 12.5 Å². The van der Waals surface area contributed by atoms with Crippen LogP contribution in [0.4, 0.5) is 5.82 Å². The highest BCUT2D eigenvalue weighted by Gasteiger charge is 2.20. The number of hydrogen-bond donors (Lipinski definition) is 1. The van der Waals surface area contributed by atoms with Crippen LogP contribution in [-0.4, -0.2) is 16.5 Å². The largest absolute Gasteiger partial charge is 0.370 e. The van der Waals surface area contributed by atoms with Crippen molar-refractivity contribution in [1.29, 1.82) is 0 Å². The number of hydrogen-bond acceptors (Lipinski definition) is 4. The first kappa shape index (κ1) is 11.9. The molecule has 3 rings (SSSR count). The molecule has 1 N–H and O–H groups in total. The maximum Gasteiger partial charge on any atom is 0.138 e. The smallest absolute Gasteiger partial charge is 0.138 e. The zero-order valence-electron chi connectivity index (χ0n) is 10.8. The summed E-state index contributed by atoms with van der Waals surface area (Å²) in [7, 11) is 0. The van der Waals surface area contributed by atoms with Crippen LogP contribution in [0, 0.1) is 0 Å². The first-order valence-corrected chi connectivity index (χ1v) is 7.75. The molecular weight excluding hydrogens is 242 g/mol. The standard InChI is InChI=1S/C14H19N3S/c1-2-15-13-11-8-9-18-14(11)17-12(16-13)10-6-4-3-5-7-10/h8-10H,2-7H2,1H3,(H,15,16,17). The number of rotatable bonds is 3. The number of aromatic nitrogens is 2. The molecule has 1 aliphatic rings. The Kier molecular flexibility index (Phi) is 3.46. The average molecular weight is 261 g/mol. The Morgan fingerprint density at radius 2 is 2.11 bits per heavy atom. The number of nitrogens with one attached hydrogen (secondary N) is 1. The van der Waals surface area contributed by atoms with Gasteiger partial charge in [-0.3, -0.25) is 0 Å². The van der Waals surface area contributed by atoms with Gasteiger partial charge in [-0.1, -0.05) is 19.3 Å². The highest BCUT2D eigenvalue weighted by atomic mass is 32.1. The molecule has 0 amide bonds. The number of anilines is 1. The minimum Gasteiger partial charge on any atom is -0.370 e. The van der Waals surface area contributed by atoms with Crippen molar-refractivity contribution in [2.24, 2.45) is 0 Å². The van der Waals surface area contributed by atoms with E-state index >= 15 is 0 Å². The summed E-state index contributed by atoms with van der Waals surface area (Å²) >= 11 is 1.71. The zero-order valence-corrected chi connectivity index (χ0v) is 11.6. The summed E-state index contributed by atoms with van der Waals surface area (Å²) in [5.74, 6) is 2.65. The molecule has 96 valence electrons. The van der Waals surface area contributed by atoms with Crippen LogP contribution in [-0.2, 0) is 0 Å². The second-order valence-electron chi connectivity index (χ2n) is 4.94. The molecule has 1 saturated carbocycles. The lowest BCUT2D eigenvalue weighted by atomic mass is 9.89. The van der Waals surface area contributed by atoms with Gasteiger partial charge in [-0.05, 0) is 31.2 Å². The Morgan fingerprint density at radius 1 is 1.28 bits per heavy atom. The van der Waals surface area contributed by atoms with Gasteiger partial charge < -0.3 is 5.32 Å². The molecule has 0 aliphatic heterocycles. The van der Waals surface area contributed by atoms with E-state index in [0.29, 0.717) is 5.92 Å². The fraction of sp³-hybridized carbons (Fsp3) is 0.571. The number of thiophene rings is 1. The van der Waals surface area contributed by atoms with Crippen LogP contribution in [0.5, 0.6) is 0 Å². The van der Waals surface area contributed by atoms with E-state index in [1.165, 1.54) is 37.5 Å². The summed E-state index contributed by atoms with van der Waals surface area (Å²) < 4.78 is 0. The van der Waals surface area contributed by atoms with Crippen LogP contribution >= 0.6 is 11.3 Å². The van der Waals surface area contributed by atoms with Crippen molar-refractivity contribution in [3.63, 3.8) is 0 Å². The third-order valence-electron chi connectivity index (χ3n) is 3.66. The van der Waals surface area contributed by atoms with E-state index < -0.39 is 0 Å². The maximum atomic E-state index is 4.77. The van der Waals surface area contributed by atoms with E-state index in [9.17, 15) is 0 Å². The summed E-state index contributed by atoms with van der Waals surface area (Å²) in [5.41, 5.74) is 0. The zero-order chi connectivity index (χ0) is 12.4. The third kappa shape index (κ3) is 2.21. The van der Waals surface area contributed by atoms with Gasteiger partial charge in [0.25, 0.3) is 0 Å². The average Bonchev–Trinajstić information content (AvgIpc) is 2.88. The SMILES string of the molecule is CCNc1nc(C2CCCCC2)nc2sccc12. The van der Waals surface area contributed by atoms with Crippen molar-refractivity contribution in [3.8, 4) is 0 Å². The molecule has 0 atom stereocenters. The highest BCUT2D eigenvalue weighted by Crippen LogP contribution is 2.33. The number of fused-ring (bicyclic) bond motifs is 1. The summed E-state index contributed by atoms with van der Waals surface area (Å²) in [4.78, 5) is 10.7. The van der Waals surface area contributed by atoms with E-state index in [0.717, 1.165) is 23.0 Å². The molecule has 1 fully saturated rings. The molecule has 2 aromatic rings. The lowest BCUT2D eigenvalue weighted by Gasteiger charge is -2.20. The topological polar surface area (TPSA) is 37.8 Å². The van der Waals surface area contributed by atoms with Gasteiger partial charge in [-0.25, -0.2) is 9.97 Å². The van der Waals surface area contributed by atoms with Crippen molar-refractivity contribution in [3.05, 3.63) is 17.3 Å². The van der Waals surface area contributed by atoms with Crippen LogP contribution < -0.4 is 5.32 Å². The van der Waals surface area contributed by atoms with Gasteiger partial charge in [-0.2, -0.15) is 0 Å². The first-order valence-electron chi connectivity index (χ1n) is 6.87. The van der Waals surface area contributed by atoms with Crippen molar-refractivity contribution in [2.75, 3.05) is 11.9 Å². The lowest BCUT2D eigenvalue weighted by molar-refractivity contribution is 0.430. The molecule has 0 saturated heterocycles. The minimum absolute atomic E-state index is 0.572. The van der Waals surface area contributed by atoms with Gasteiger partial charge in [0.2, 0.25) is 0 Å². The van der Waals surface area contributed by atoms with Gasteiger partial charge in [0.15, 0.2) is 0 Å². The summed E-state index contributed by atoms with van der Waals surface area (Å²) in [6.45, 7) is 3.02. The molecule has 18 heavy (non-hydrogen) atoms. The second kappa shape index (κ2) is 5.22. The predicted octanol–water partition coefficient (Wildman–Crippen LogP) is 4.17. The Hall–Kier alpha value is -1.16.